The lowest BCUT2D eigenvalue weighted by Gasteiger charge is -2.46. The van der Waals surface area contributed by atoms with Gasteiger partial charge in [-0.2, -0.15) is 0 Å². The third-order valence-corrected chi connectivity index (χ3v) is 9.06. The molecule has 0 aromatic heterocycles. The third kappa shape index (κ3) is 10.5. The van der Waals surface area contributed by atoms with Crippen molar-refractivity contribution in [3.8, 4) is 0 Å². The van der Waals surface area contributed by atoms with Crippen molar-refractivity contribution in [1.82, 2.24) is 4.90 Å². The molecule has 13 atom stereocenters. The first-order valence-corrected chi connectivity index (χ1v) is 17.5. The lowest BCUT2D eigenvalue weighted by Crippen LogP contribution is -2.65. The zero-order valence-electron chi connectivity index (χ0n) is 29.1. The Morgan fingerprint density at radius 2 is 1.50 bits per heavy atom. The number of carbonyl (C=O) groups is 3. The first-order valence-electron chi connectivity index (χ1n) is 16.8. The van der Waals surface area contributed by atoms with E-state index in [9.17, 15) is 50.1 Å². The number of ketones is 1. The van der Waals surface area contributed by atoms with Crippen LogP contribution in [0.4, 0.5) is 0 Å². The van der Waals surface area contributed by atoms with Gasteiger partial charge in [0, 0.05) is 10.1 Å². The minimum atomic E-state index is -1.89. The van der Waals surface area contributed by atoms with Crippen LogP contribution in [0.3, 0.4) is 0 Å². The van der Waals surface area contributed by atoms with E-state index in [-0.39, 0.29) is 0 Å². The van der Waals surface area contributed by atoms with E-state index in [1.165, 1.54) is 19.1 Å². The highest BCUT2D eigenvalue weighted by Gasteiger charge is 2.56. The number of hydrogen-bond acceptors (Lipinski definition) is 15. The second kappa shape index (κ2) is 19.5. The van der Waals surface area contributed by atoms with Crippen molar-refractivity contribution < 1.29 is 73.8 Å². The zero-order valence-corrected chi connectivity index (χ0v) is 30.6. The summed E-state index contributed by atoms with van der Waals surface area (Å²) in [7, 11) is 0. The summed E-state index contributed by atoms with van der Waals surface area (Å²) in [6, 6.07) is -1.63. The highest BCUT2D eigenvalue weighted by molar-refractivity contribution is 6.34. The molecule has 4 aliphatic heterocycles. The fraction of sp³-hybridized carbons (Fsp3) is 0.514. The van der Waals surface area contributed by atoms with E-state index in [0.717, 1.165) is 11.0 Å². The lowest BCUT2D eigenvalue weighted by atomic mass is 10.0. The van der Waals surface area contributed by atoms with Crippen LogP contribution in [0.1, 0.15) is 20.3 Å². The maximum atomic E-state index is 13.8. The van der Waals surface area contributed by atoms with Crippen molar-refractivity contribution in [1.29, 1.82) is 0 Å². The summed E-state index contributed by atoms with van der Waals surface area (Å²) in [6.45, 7) is 2.15. The molecule has 0 aromatic rings. The smallest absolute Gasteiger partial charge is 0.264 e. The Kier molecular flexibility index (Phi) is 15.7. The number of nitrogens with two attached hydrogens (primary N) is 1. The van der Waals surface area contributed by atoms with E-state index in [1.54, 1.807) is 49.5 Å². The van der Waals surface area contributed by atoms with Gasteiger partial charge in [-0.25, -0.2) is 0 Å². The summed E-state index contributed by atoms with van der Waals surface area (Å²) < 4.78 is 27.9. The van der Waals surface area contributed by atoms with Crippen LogP contribution in [0.5, 0.6) is 0 Å². The van der Waals surface area contributed by atoms with Gasteiger partial charge in [-0.15, -0.1) is 0 Å². The molecule has 9 N–H and O–H groups in total. The van der Waals surface area contributed by atoms with Crippen molar-refractivity contribution >= 4 is 40.8 Å². The van der Waals surface area contributed by atoms with Gasteiger partial charge in [0.1, 0.15) is 66.2 Å². The summed E-state index contributed by atoms with van der Waals surface area (Å²) in [4.78, 5) is 40.1. The predicted molar refractivity (Wildman–Crippen MR) is 189 cm³/mol. The molecule has 19 heteroatoms. The minimum Gasteiger partial charge on any atom is -0.507 e. The van der Waals surface area contributed by atoms with Gasteiger partial charge in [0.15, 0.2) is 24.6 Å². The number of aliphatic hydroxyl groups excluding tert-OH is 7. The van der Waals surface area contributed by atoms with Crippen molar-refractivity contribution in [2.45, 2.75) is 100 Å². The van der Waals surface area contributed by atoms with Crippen molar-refractivity contribution in [2.75, 3.05) is 13.2 Å². The van der Waals surface area contributed by atoms with Crippen LogP contribution in [0.2, 0.25) is 0 Å². The number of ether oxygens (including phenoxy) is 5. The average Bonchev–Trinajstić information content (AvgIpc) is 3.49. The number of halogens is 2. The fourth-order valence-corrected chi connectivity index (χ4v) is 6.35. The number of carbonyl (C=O) groups excluding carboxylic acids is 3. The van der Waals surface area contributed by atoms with Gasteiger partial charge in [0.25, 0.3) is 5.91 Å². The van der Waals surface area contributed by atoms with E-state index < -0.39 is 128 Å². The molecule has 2 amide bonds. The molecule has 0 aromatic carbocycles. The topological polar surface area (TPSA) is 268 Å². The molecule has 4 rings (SSSR count). The molecule has 4 heterocycles. The number of nitrogens with zero attached hydrogens (tertiary/aromatic N) is 1. The molecule has 1 unspecified atom stereocenters. The van der Waals surface area contributed by atoms with Gasteiger partial charge in [0.05, 0.1) is 25.7 Å². The largest absolute Gasteiger partial charge is 0.507 e. The lowest BCUT2D eigenvalue weighted by molar-refractivity contribution is -0.338. The number of hydrogen-bond donors (Lipinski definition) is 8. The van der Waals surface area contributed by atoms with Crippen LogP contribution >= 0.6 is 23.2 Å². The van der Waals surface area contributed by atoms with E-state index in [4.69, 9.17) is 52.6 Å². The average molecular weight is 804 g/mol. The quantitative estimate of drug-likeness (QED) is 0.0497. The molecule has 54 heavy (non-hydrogen) atoms. The Morgan fingerprint density at radius 1 is 0.870 bits per heavy atom. The minimum absolute atomic E-state index is 0.431. The van der Waals surface area contributed by atoms with Crippen LogP contribution in [0, 0.1) is 0 Å². The van der Waals surface area contributed by atoms with Crippen molar-refractivity contribution in [3.63, 3.8) is 0 Å². The first kappa shape index (κ1) is 43.5. The summed E-state index contributed by atoms with van der Waals surface area (Å²) in [5.41, 5.74) is 4.67. The van der Waals surface area contributed by atoms with Crippen LogP contribution in [0.15, 0.2) is 82.2 Å². The standard InChI is InChI=1S/C35H44Cl2N2O15/c1-16(36)12-18(37)10-8-6-4-3-5-7-9-11-20(40)24-26(44)19(13-23(38)42)39(32(24)49)33-31(27(45)21(41)14-50-33)54-34-30(48)28(46)22(15-51-34)53-35-29(47)25(43)17(2)52-35/h3-12,17,19,21-22,25,27-31,33-35,40-41,43,45-48H,13-15H2,1-2H3,(H2,38,42)/b4-3+,7-5+,8-6+,11-9+,16-12+,18-10-,24-20?/t17-,19+,21-,22-,25-,27-,28+,29+,30+,31+,33?,34+,35+/m1/s1. The second-order valence-corrected chi connectivity index (χ2v) is 13.8. The molecule has 0 bridgehead atoms. The Hall–Kier alpha value is -3.27. The fourth-order valence-electron chi connectivity index (χ4n) is 5.94. The van der Waals surface area contributed by atoms with Gasteiger partial charge in [-0.05, 0) is 32.1 Å². The molecule has 0 saturated carbocycles. The molecular formula is C35H44Cl2N2O15. The highest BCUT2D eigenvalue weighted by Crippen LogP contribution is 2.35. The Labute approximate surface area is 320 Å². The summed E-state index contributed by atoms with van der Waals surface area (Å²) in [5, 5.41) is 75.0. The van der Waals surface area contributed by atoms with E-state index in [1.807, 2.05) is 0 Å². The molecule has 0 spiro atoms. The van der Waals surface area contributed by atoms with Gasteiger partial charge in [0.2, 0.25) is 5.91 Å². The maximum absolute atomic E-state index is 13.8. The van der Waals surface area contributed by atoms with Gasteiger partial charge < -0.3 is 65.2 Å². The van der Waals surface area contributed by atoms with Crippen LogP contribution in [-0.4, -0.2) is 151 Å². The molecule has 4 saturated heterocycles. The molecular weight excluding hydrogens is 759 g/mol. The number of allylic oxidation sites excluding steroid dienone is 12. The number of aliphatic hydroxyl groups is 7. The van der Waals surface area contributed by atoms with Crippen LogP contribution < -0.4 is 5.73 Å². The van der Waals surface area contributed by atoms with Crippen molar-refractivity contribution in [3.05, 3.63) is 82.2 Å². The molecule has 298 valence electrons. The summed E-state index contributed by atoms with van der Waals surface area (Å²) in [5.74, 6) is -3.88. The summed E-state index contributed by atoms with van der Waals surface area (Å²) in [6.07, 6.45) is -3.79. The Bertz CT molecular complexity index is 1590. The predicted octanol–water partition coefficient (Wildman–Crippen LogP) is -0.663. The third-order valence-electron chi connectivity index (χ3n) is 8.71. The van der Waals surface area contributed by atoms with E-state index >= 15 is 0 Å². The van der Waals surface area contributed by atoms with E-state index in [2.05, 4.69) is 0 Å². The second-order valence-electron chi connectivity index (χ2n) is 12.8. The monoisotopic (exact) mass is 802 g/mol. The molecule has 17 nitrogen and oxygen atoms in total. The zero-order chi connectivity index (χ0) is 39.9. The number of likely N-dealkylation sites (tertiary alicyclic amines) is 1. The summed E-state index contributed by atoms with van der Waals surface area (Å²) >= 11 is 11.7. The SMILES string of the molecule is C\C(Cl)=C/C(Cl)=C/C=C/C=C/C=C/C=C/C(O)=C1C(=O)[C@H](CC(N)=O)N(C2OC[C@@H](O)[C@@H](O)[C@@H]2O[C@@H]2OC[C@@H](O[C@@H]3O[C@H](C)[C@@H](O)[C@@H]3O)[C@H](O)[C@@H]2O)C1=O. The molecule has 4 fully saturated rings. The molecule has 0 aliphatic carbocycles. The van der Waals surface area contributed by atoms with Gasteiger partial charge >= 0.3 is 0 Å². The van der Waals surface area contributed by atoms with E-state index in [0.29, 0.717) is 10.1 Å². The normalized spacial score (nSPS) is 38.3. The Balaban J connectivity index is 1.50. The molecule has 0 radical (unpaired) electrons. The van der Waals surface area contributed by atoms with Gasteiger partial charge in [-0.1, -0.05) is 65.7 Å². The van der Waals surface area contributed by atoms with Crippen LogP contribution in [0.25, 0.3) is 0 Å². The number of primary amides is 1. The number of Topliss-reactive ketones (excluding diaryl/α,β-unsaturated/α-hetero) is 1. The first-order chi connectivity index (χ1) is 25.5. The maximum Gasteiger partial charge on any atom is 0.264 e. The number of rotatable bonds is 13. The van der Waals surface area contributed by atoms with Crippen molar-refractivity contribution in [2.24, 2.45) is 5.73 Å². The Morgan fingerprint density at radius 3 is 2.11 bits per heavy atom. The van der Waals surface area contributed by atoms with Crippen LogP contribution in [-0.2, 0) is 38.1 Å². The van der Waals surface area contributed by atoms with Gasteiger partial charge in [-0.3, -0.25) is 19.3 Å². The highest BCUT2D eigenvalue weighted by atomic mass is 35.5. The number of amides is 2. The molecule has 4 aliphatic rings.